The number of hydrogen-bond acceptors (Lipinski definition) is 3. The van der Waals surface area contributed by atoms with Gasteiger partial charge in [-0.2, -0.15) is 5.10 Å². The van der Waals surface area contributed by atoms with Gasteiger partial charge in [0.15, 0.2) is 0 Å². The molecular weight excluding hydrogens is 250 g/mol. The highest BCUT2D eigenvalue weighted by atomic mass is 16.5. The van der Waals surface area contributed by atoms with Gasteiger partial charge in [-0.1, -0.05) is 13.0 Å². The van der Waals surface area contributed by atoms with Crippen molar-refractivity contribution in [3.63, 3.8) is 0 Å². The molecule has 0 amide bonds. The molecule has 108 valence electrons. The lowest BCUT2D eigenvalue weighted by molar-refractivity contribution is 0.423. The molecule has 1 aromatic heterocycles. The Kier molecular flexibility index (Phi) is 4.45. The van der Waals surface area contributed by atoms with Gasteiger partial charge in [0.25, 0.3) is 0 Å². The summed E-state index contributed by atoms with van der Waals surface area (Å²) in [5.41, 5.74) is 4.53. The van der Waals surface area contributed by atoms with Crippen LogP contribution in [0, 0.1) is 20.8 Å². The van der Waals surface area contributed by atoms with Crippen molar-refractivity contribution in [2.24, 2.45) is 7.05 Å². The van der Waals surface area contributed by atoms with E-state index in [-0.39, 0.29) is 0 Å². The number of ether oxygens (including phenoxy) is 1. The van der Waals surface area contributed by atoms with Gasteiger partial charge >= 0.3 is 0 Å². The first-order chi connectivity index (χ1) is 9.51. The van der Waals surface area contributed by atoms with Crippen LogP contribution in [-0.4, -0.2) is 16.3 Å². The second-order valence-electron chi connectivity index (χ2n) is 5.20. The first kappa shape index (κ1) is 14.6. The van der Waals surface area contributed by atoms with E-state index in [0.29, 0.717) is 0 Å². The van der Waals surface area contributed by atoms with Crippen LogP contribution in [0.4, 0.5) is 0 Å². The standard InChI is InChI=1S/C16H23N3O/c1-6-17-10-15-13(4)18-19(5)16(15)20-14-8-11(2)7-12(3)9-14/h7-9,17H,6,10H2,1-5H3. The number of hydrogen-bond donors (Lipinski definition) is 1. The van der Waals surface area contributed by atoms with Crippen molar-refractivity contribution < 1.29 is 4.74 Å². The van der Waals surface area contributed by atoms with Crippen molar-refractivity contribution >= 4 is 0 Å². The fourth-order valence-electron chi connectivity index (χ4n) is 2.37. The van der Waals surface area contributed by atoms with Gasteiger partial charge in [-0.15, -0.1) is 0 Å². The molecule has 0 radical (unpaired) electrons. The summed E-state index contributed by atoms with van der Waals surface area (Å²) in [4.78, 5) is 0. The molecule has 0 saturated heterocycles. The van der Waals surface area contributed by atoms with Crippen molar-refractivity contribution in [3.8, 4) is 11.6 Å². The molecule has 0 atom stereocenters. The van der Waals surface area contributed by atoms with Crippen LogP contribution in [0.2, 0.25) is 0 Å². The quantitative estimate of drug-likeness (QED) is 0.909. The van der Waals surface area contributed by atoms with E-state index < -0.39 is 0 Å². The Bertz CT molecular complexity index is 582. The maximum absolute atomic E-state index is 6.08. The van der Waals surface area contributed by atoms with Crippen molar-refractivity contribution in [3.05, 3.63) is 40.6 Å². The van der Waals surface area contributed by atoms with Crippen LogP contribution in [0.25, 0.3) is 0 Å². The fourth-order valence-corrected chi connectivity index (χ4v) is 2.37. The van der Waals surface area contributed by atoms with Gasteiger partial charge in [0, 0.05) is 13.6 Å². The van der Waals surface area contributed by atoms with E-state index in [4.69, 9.17) is 4.74 Å². The van der Waals surface area contributed by atoms with Gasteiger partial charge in [0.1, 0.15) is 5.75 Å². The molecule has 2 rings (SSSR count). The molecule has 1 aromatic carbocycles. The van der Waals surface area contributed by atoms with Crippen molar-refractivity contribution in [2.45, 2.75) is 34.2 Å². The predicted molar refractivity (Wildman–Crippen MR) is 81.3 cm³/mol. The van der Waals surface area contributed by atoms with Gasteiger partial charge < -0.3 is 10.1 Å². The zero-order chi connectivity index (χ0) is 14.7. The van der Waals surface area contributed by atoms with E-state index >= 15 is 0 Å². The Hall–Kier alpha value is -1.81. The van der Waals surface area contributed by atoms with Gasteiger partial charge in [0.2, 0.25) is 5.88 Å². The normalized spacial score (nSPS) is 10.8. The summed E-state index contributed by atoms with van der Waals surface area (Å²) in [5.74, 6) is 1.68. The number of rotatable bonds is 5. The lowest BCUT2D eigenvalue weighted by Crippen LogP contribution is -2.12. The monoisotopic (exact) mass is 273 g/mol. The van der Waals surface area contributed by atoms with Crippen LogP contribution >= 0.6 is 0 Å². The molecule has 0 saturated carbocycles. The SMILES string of the molecule is CCNCc1c(C)nn(C)c1Oc1cc(C)cc(C)c1. The van der Waals surface area contributed by atoms with Crippen LogP contribution < -0.4 is 10.1 Å². The van der Waals surface area contributed by atoms with Crippen LogP contribution in [0.5, 0.6) is 11.6 Å². The molecule has 1 N–H and O–H groups in total. The van der Waals surface area contributed by atoms with E-state index in [1.165, 1.54) is 11.1 Å². The third-order valence-electron chi connectivity index (χ3n) is 3.25. The van der Waals surface area contributed by atoms with Crippen LogP contribution in [0.15, 0.2) is 18.2 Å². The van der Waals surface area contributed by atoms with E-state index in [9.17, 15) is 0 Å². The number of benzene rings is 1. The van der Waals surface area contributed by atoms with Crippen molar-refractivity contribution in [2.75, 3.05) is 6.54 Å². The summed E-state index contributed by atoms with van der Waals surface area (Å²) in [6, 6.07) is 6.24. The minimum atomic E-state index is 0.774. The predicted octanol–water partition coefficient (Wildman–Crippen LogP) is 3.25. The number of nitrogens with one attached hydrogen (secondary N) is 1. The maximum atomic E-state index is 6.08. The van der Waals surface area contributed by atoms with E-state index in [1.54, 1.807) is 4.68 Å². The number of nitrogens with zero attached hydrogens (tertiary/aromatic N) is 2. The fraction of sp³-hybridized carbons (Fsp3) is 0.438. The minimum absolute atomic E-state index is 0.774. The smallest absolute Gasteiger partial charge is 0.222 e. The molecule has 0 spiro atoms. The lowest BCUT2D eigenvalue weighted by Gasteiger charge is -2.10. The average Bonchev–Trinajstić information content (AvgIpc) is 2.61. The summed E-state index contributed by atoms with van der Waals surface area (Å²) in [6.45, 7) is 9.96. The molecule has 4 nitrogen and oxygen atoms in total. The highest BCUT2D eigenvalue weighted by Crippen LogP contribution is 2.28. The van der Waals surface area contributed by atoms with Crippen molar-refractivity contribution in [1.29, 1.82) is 0 Å². The average molecular weight is 273 g/mol. The highest BCUT2D eigenvalue weighted by Gasteiger charge is 2.15. The third kappa shape index (κ3) is 3.20. The minimum Gasteiger partial charge on any atom is -0.439 e. The van der Waals surface area contributed by atoms with E-state index in [1.807, 2.05) is 26.1 Å². The molecule has 0 aliphatic carbocycles. The Labute approximate surface area is 120 Å². The molecule has 0 fully saturated rings. The maximum Gasteiger partial charge on any atom is 0.222 e. The number of aryl methyl sites for hydroxylation is 4. The highest BCUT2D eigenvalue weighted by molar-refractivity contribution is 5.39. The topological polar surface area (TPSA) is 39.1 Å². The largest absolute Gasteiger partial charge is 0.439 e. The van der Waals surface area contributed by atoms with Crippen LogP contribution in [0.1, 0.15) is 29.3 Å². The summed E-state index contributed by atoms with van der Waals surface area (Å²) in [6.07, 6.45) is 0. The summed E-state index contributed by atoms with van der Waals surface area (Å²) < 4.78 is 7.89. The van der Waals surface area contributed by atoms with Crippen LogP contribution in [0.3, 0.4) is 0 Å². The molecule has 20 heavy (non-hydrogen) atoms. The zero-order valence-electron chi connectivity index (χ0n) is 12.9. The van der Waals surface area contributed by atoms with Gasteiger partial charge in [-0.05, 0) is 50.6 Å². The third-order valence-corrected chi connectivity index (χ3v) is 3.25. The molecule has 0 bridgehead atoms. The van der Waals surface area contributed by atoms with E-state index in [0.717, 1.165) is 36.0 Å². The second-order valence-corrected chi connectivity index (χ2v) is 5.20. The first-order valence-corrected chi connectivity index (χ1v) is 7.00. The van der Waals surface area contributed by atoms with Gasteiger partial charge in [-0.3, -0.25) is 0 Å². The van der Waals surface area contributed by atoms with Gasteiger partial charge in [0.05, 0.1) is 11.3 Å². The Morgan fingerprint density at radius 1 is 1.15 bits per heavy atom. The molecule has 0 aliphatic heterocycles. The molecule has 1 heterocycles. The summed E-state index contributed by atoms with van der Waals surface area (Å²) in [5, 5.41) is 7.79. The summed E-state index contributed by atoms with van der Waals surface area (Å²) >= 11 is 0. The van der Waals surface area contributed by atoms with Crippen LogP contribution in [-0.2, 0) is 13.6 Å². The zero-order valence-corrected chi connectivity index (χ0v) is 12.9. The molecule has 4 heteroatoms. The first-order valence-electron chi connectivity index (χ1n) is 7.00. The Balaban J connectivity index is 2.32. The molecular formula is C16H23N3O. The van der Waals surface area contributed by atoms with Gasteiger partial charge in [-0.25, -0.2) is 4.68 Å². The Morgan fingerprint density at radius 2 is 1.80 bits per heavy atom. The summed E-state index contributed by atoms with van der Waals surface area (Å²) in [7, 11) is 1.92. The van der Waals surface area contributed by atoms with E-state index in [2.05, 4.69) is 37.3 Å². The molecule has 0 unspecified atom stereocenters. The number of aromatic nitrogens is 2. The van der Waals surface area contributed by atoms with Crippen molar-refractivity contribution in [1.82, 2.24) is 15.1 Å². The second kappa shape index (κ2) is 6.09. The Morgan fingerprint density at radius 3 is 2.40 bits per heavy atom. The molecule has 0 aliphatic rings. The lowest BCUT2D eigenvalue weighted by atomic mass is 10.1. The molecule has 2 aromatic rings.